The molecular formula is C28H38N4O4. The maximum Gasteiger partial charge on any atom is 0.253 e. The van der Waals surface area contributed by atoms with E-state index in [1.807, 2.05) is 11.0 Å². The lowest BCUT2D eigenvalue weighted by Gasteiger charge is -2.47. The van der Waals surface area contributed by atoms with E-state index >= 15 is 0 Å². The van der Waals surface area contributed by atoms with E-state index < -0.39 is 0 Å². The second-order valence-electron chi connectivity index (χ2n) is 10.1. The normalized spacial score (nSPS) is 20.5. The molecule has 3 aliphatic heterocycles. The molecule has 3 fully saturated rings. The number of piperidine rings is 2. The third-order valence-corrected chi connectivity index (χ3v) is 7.70. The number of amides is 1. The molecule has 8 heteroatoms. The van der Waals surface area contributed by atoms with Gasteiger partial charge in [-0.1, -0.05) is 6.42 Å². The molecule has 2 aromatic rings. The quantitative estimate of drug-likeness (QED) is 0.518. The first kappa shape index (κ1) is 24.8. The van der Waals surface area contributed by atoms with Crippen molar-refractivity contribution in [2.45, 2.75) is 44.1 Å². The summed E-state index contributed by atoms with van der Waals surface area (Å²) >= 11 is 0. The van der Waals surface area contributed by atoms with Gasteiger partial charge in [0.25, 0.3) is 5.91 Å². The minimum absolute atomic E-state index is 0.0264. The summed E-state index contributed by atoms with van der Waals surface area (Å²) in [6.45, 7) is 6.81. The van der Waals surface area contributed by atoms with E-state index in [2.05, 4.69) is 39.0 Å². The van der Waals surface area contributed by atoms with Crippen molar-refractivity contribution in [3.05, 3.63) is 42.6 Å². The molecule has 0 aliphatic carbocycles. The van der Waals surface area contributed by atoms with Crippen LogP contribution in [0.2, 0.25) is 0 Å². The predicted octanol–water partition coefficient (Wildman–Crippen LogP) is 3.75. The van der Waals surface area contributed by atoms with Crippen LogP contribution in [0.4, 0.5) is 11.4 Å². The number of carbonyl (C=O) groups excluding carboxylic acids is 1. The Labute approximate surface area is 214 Å². The number of nitrogens with zero attached hydrogens (tertiary/aromatic N) is 4. The fourth-order valence-corrected chi connectivity index (χ4v) is 5.49. The Morgan fingerprint density at radius 2 is 1.72 bits per heavy atom. The molecule has 0 atom stereocenters. The number of hydrogen-bond acceptors (Lipinski definition) is 7. The summed E-state index contributed by atoms with van der Waals surface area (Å²) in [5.74, 6) is 1.45. The minimum Gasteiger partial charge on any atom is -0.494 e. The Kier molecular flexibility index (Phi) is 7.92. The molecule has 1 aromatic carbocycles. The lowest BCUT2D eigenvalue weighted by atomic mass is 9.88. The van der Waals surface area contributed by atoms with E-state index in [9.17, 15) is 4.79 Å². The Hall–Kier alpha value is -2.84. The van der Waals surface area contributed by atoms with Crippen LogP contribution < -0.4 is 19.3 Å². The average molecular weight is 495 g/mol. The van der Waals surface area contributed by atoms with Crippen molar-refractivity contribution in [3.63, 3.8) is 0 Å². The summed E-state index contributed by atoms with van der Waals surface area (Å²) < 4.78 is 17.3. The molecule has 3 saturated heterocycles. The Morgan fingerprint density at radius 1 is 0.972 bits per heavy atom. The van der Waals surface area contributed by atoms with Gasteiger partial charge >= 0.3 is 0 Å². The second-order valence-corrected chi connectivity index (χ2v) is 10.1. The summed E-state index contributed by atoms with van der Waals surface area (Å²) in [7, 11) is 1.59. The zero-order valence-electron chi connectivity index (χ0n) is 21.4. The maximum atomic E-state index is 12.6. The van der Waals surface area contributed by atoms with E-state index in [0.29, 0.717) is 12.4 Å². The maximum absolute atomic E-state index is 12.6. The van der Waals surface area contributed by atoms with E-state index in [0.717, 1.165) is 56.9 Å². The molecule has 0 unspecified atom stereocenters. The highest BCUT2D eigenvalue weighted by Gasteiger charge is 2.42. The fraction of sp³-hybridized carbons (Fsp3) is 0.571. The molecule has 3 aliphatic rings. The van der Waals surface area contributed by atoms with Crippen LogP contribution in [-0.4, -0.2) is 81.0 Å². The van der Waals surface area contributed by atoms with Crippen LogP contribution >= 0.6 is 0 Å². The molecule has 1 spiro atoms. The molecule has 8 nitrogen and oxygen atoms in total. The van der Waals surface area contributed by atoms with E-state index in [-0.39, 0.29) is 18.1 Å². The van der Waals surface area contributed by atoms with Crippen LogP contribution in [0.25, 0.3) is 0 Å². The van der Waals surface area contributed by atoms with E-state index in [1.165, 1.54) is 38.0 Å². The number of likely N-dealkylation sites (tertiary alicyclic amines) is 1. The predicted molar refractivity (Wildman–Crippen MR) is 140 cm³/mol. The molecule has 1 aromatic heterocycles. The SMILES string of the molecule is COc1ccc(N2CC3(CCN(c4ccc(OCCCN5CCCCC5)cc4)CC3)OCC2=O)cn1. The van der Waals surface area contributed by atoms with Crippen molar-refractivity contribution >= 4 is 17.3 Å². The highest BCUT2D eigenvalue weighted by atomic mass is 16.5. The number of rotatable bonds is 8. The van der Waals surface area contributed by atoms with Crippen LogP contribution in [-0.2, 0) is 9.53 Å². The van der Waals surface area contributed by atoms with Crippen molar-refractivity contribution < 1.29 is 19.0 Å². The number of aromatic nitrogens is 1. The van der Waals surface area contributed by atoms with Crippen molar-refractivity contribution in [2.24, 2.45) is 0 Å². The molecule has 1 amide bonds. The standard InChI is InChI=1S/C28H38N4O4/c1-34-26-11-8-24(20-29-26)32-22-28(36-21-27(32)33)12-17-31(18-13-28)23-6-9-25(10-7-23)35-19-5-16-30-14-3-2-4-15-30/h6-11,20H,2-5,12-19,21-22H2,1H3. The van der Waals surface area contributed by atoms with Gasteiger partial charge in [-0.2, -0.15) is 0 Å². The molecular weight excluding hydrogens is 456 g/mol. The summed E-state index contributed by atoms with van der Waals surface area (Å²) in [5.41, 5.74) is 1.67. The number of pyridine rings is 1. The van der Waals surface area contributed by atoms with Gasteiger partial charge in [-0.3, -0.25) is 4.79 Å². The average Bonchev–Trinajstić information content (AvgIpc) is 2.94. The van der Waals surface area contributed by atoms with Crippen LogP contribution in [0.15, 0.2) is 42.6 Å². The second kappa shape index (κ2) is 11.5. The van der Waals surface area contributed by atoms with Gasteiger partial charge in [-0.15, -0.1) is 0 Å². The smallest absolute Gasteiger partial charge is 0.253 e. The molecule has 5 rings (SSSR count). The van der Waals surface area contributed by atoms with Gasteiger partial charge in [-0.25, -0.2) is 4.98 Å². The number of morpholine rings is 1. The van der Waals surface area contributed by atoms with Gasteiger partial charge in [0, 0.05) is 31.4 Å². The van der Waals surface area contributed by atoms with Gasteiger partial charge in [0.1, 0.15) is 12.4 Å². The van der Waals surface area contributed by atoms with E-state index in [4.69, 9.17) is 14.2 Å². The first-order valence-electron chi connectivity index (χ1n) is 13.3. The number of benzene rings is 1. The summed E-state index contributed by atoms with van der Waals surface area (Å²) in [6, 6.07) is 12.1. The van der Waals surface area contributed by atoms with Crippen molar-refractivity contribution in [1.82, 2.24) is 9.88 Å². The van der Waals surface area contributed by atoms with Gasteiger partial charge in [0.15, 0.2) is 0 Å². The number of carbonyl (C=O) groups is 1. The summed E-state index contributed by atoms with van der Waals surface area (Å²) in [5, 5.41) is 0. The third-order valence-electron chi connectivity index (χ3n) is 7.70. The molecule has 0 N–H and O–H groups in total. The lowest BCUT2D eigenvalue weighted by molar-refractivity contribution is -0.141. The largest absolute Gasteiger partial charge is 0.494 e. The van der Waals surface area contributed by atoms with Crippen molar-refractivity contribution in [3.8, 4) is 11.6 Å². The zero-order chi connectivity index (χ0) is 24.8. The molecule has 4 heterocycles. The van der Waals surface area contributed by atoms with Gasteiger partial charge in [-0.05, 0) is 75.5 Å². The van der Waals surface area contributed by atoms with Crippen molar-refractivity contribution in [1.29, 1.82) is 0 Å². The Morgan fingerprint density at radius 3 is 2.42 bits per heavy atom. The number of methoxy groups -OCH3 is 1. The van der Waals surface area contributed by atoms with E-state index in [1.54, 1.807) is 19.4 Å². The van der Waals surface area contributed by atoms with Crippen LogP contribution in [0.1, 0.15) is 38.5 Å². The monoisotopic (exact) mass is 494 g/mol. The van der Waals surface area contributed by atoms with Crippen LogP contribution in [0.3, 0.4) is 0 Å². The van der Waals surface area contributed by atoms with Gasteiger partial charge < -0.3 is 28.9 Å². The molecule has 0 bridgehead atoms. The summed E-state index contributed by atoms with van der Waals surface area (Å²) in [4.78, 5) is 23.6. The Balaban J connectivity index is 1.10. The molecule has 0 saturated carbocycles. The topological polar surface area (TPSA) is 67.4 Å². The fourth-order valence-electron chi connectivity index (χ4n) is 5.49. The zero-order valence-corrected chi connectivity index (χ0v) is 21.4. The van der Waals surface area contributed by atoms with Gasteiger partial charge in [0.2, 0.25) is 5.88 Å². The highest BCUT2D eigenvalue weighted by Crippen LogP contribution is 2.34. The number of hydrogen-bond donors (Lipinski definition) is 0. The van der Waals surface area contributed by atoms with Gasteiger partial charge in [0.05, 0.1) is 37.7 Å². The molecule has 0 radical (unpaired) electrons. The van der Waals surface area contributed by atoms with Crippen LogP contribution in [0, 0.1) is 0 Å². The van der Waals surface area contributed by atoms with Crippen molar-refractivity contribution in [2.75, 3.05) is 69.4 Å². The molecule has 194 valence electrons. The Bertz CT molecular complexity index is 984. The first-order valence-corrected chi connectivity index (χ1v) is 13.3. The number of anilines is 2. The summed E-state index contributed by atoms with van der Waals surface area (Å²) in [6.07, 6.45) is 8.56. The highest BCUT2D eigenvalue weighted by molar-refractivity contribution is 5.95. The third kappa shape index (κ3) is 5.93. The minimum atomic E-state index is -0.318. The first-order chi connectivity index (χ1) is 17.6. The van der Waals surface area contributed by atoms with Crippen LogP contribution in [0.5, 0.6) is 11.6 Å². The number of ether oxygens (including phenoxy) is 3. The lowest BCUT2D eigenvalue weighted by Crippen LogP contribution is -2.59. The molecule has 36 heavy (non-hydrogen) atoms.